The standard InChI is InChI=1S/C25H20ClFN2O3/c1-16-19(25(30)29(28-16)18-7-4-3-5-8-18)13-17-11-12-23(24(14-17)31-2)32-15-20-21(26)9-6-10-22(20)27/h3-14H,15H2,1-2H3/b19-13+. The number of benzene rings is 3. The molecular formula is C25H20ClFN2O3. The Labute approximate surface area is 190 Å². The fourth-order valence-electron chi connectivity index (χ4n) is 3.31. The smallest absolute Gasteiger partial charge is 0.280 e. The number of para-hydroxylation sites is 1. The Morgan fingerprint density at radius 1 is 1.06 bits per heavy atom. The number of amides is 1. The topological polar surface area (TPSA) is 51.1 Å². The minimum absolute atomic E-state index is 0.0431. The molecule has 0 aromatic heterocycles. The van der Waals surface area contributed by atoms with Gasteiger partial charge in [0.25, 0.3) is 5.91 Å². The first-order valence-corrected chi connectivity index (χ1v) is 10.3. The van der Waals surface area contributed by atoms with Crippen LogP contribution < -0.4 is 14.5 Å². The summed E-state index contributed by atoms with van der Waals surface area (Å²) in [6.45, 7) is 1.75. The van der Waals surface area contributed by atoms with E-state index in [1.165, 1.54) is 18.2 Å². The Hall–Kier alpha value is -3.64. The summed E-state index contributed by atoms with van der Waals surface area (Å²) in [6, 6.07) is 19.0. The molecule has 32 heavy (non-hydrogen) atoms. The molecule has 1 aliphatic rings. The maximum atomic E-state index is 14.0. The van der Waals surface area contributed by atoms with Gasteiger partial charge in [-0.2, -0.15) is 10.1 Å². The van der Waals surface area contributed by atoms with Crippen molar-refractivity contribution in [1.29, 1.82) is 0 Å². The largest absolute Gasteiger partial charge is 0.493 e. The second-order valence-corrected chi connectivity index (χ2v) is 7.50. The number of hydrazone groups is 1. The summed E-state index contributed by atoms with van der Waals surface area (Å²) in [7, 11) is 1.51. The van der Waals surface area contributed by atoms with E-state index in [9.17, 15) is 9.18 Å². The molecule has 3 aromatic rings. The second-order valence-electron chi connectivity index (χ2n) is 7.10. The molecule has 1 amide bonds. The van der Waals surface area contributed by atoms with Crippen molar-refractivity contribution in [2.24, 2.45) is 5.10 Å². The number of methoxy groups -OCH3 is 1. The third-order valence-corrected chi connectivity index (χ3v) is 5.35. The van der Waals surface area contributed by atoms with Gasteiger partial charge in [0.15, 0.2) is 11.5 Å². The van der Waals surface area contributed by atoms with Crippen LogP contribution in [0.15, 0.2) is 77.4 Å². The van der Waals surface area contributed by atoms with E-state index in [2.05, 4.69) is 5.10 Å². The van der Waals surface area contributed by atoms with Gasteiger partial charge in [0.2, 0.25) is 0 Å². The molecule has 4 rings (SSSR count). The van der Waals surface area contributed by atoms with E-state index in [0.29, 0.717) is 33.5 Å². The molecule has 162 valence electrons. The zero-order valence-corrected chi connectivity index (χ0v) is 18.3. The SMILES string of the molecule is COc1cc(/C=C2/C(=O)N(c3ccccc3)N=C2C)ccc1OCc1c(F)cccc1Cl. The lowest BCUT2D eigenvalue weighted by Crippen LogP contribution is -2.21. The summed E-state index contributed by atoms with van der Waals surface area (Å²) in [6.07, 6.45) is 1.75. The summed E-state index contributed by atoms with van der Waals surface area (Å²) in [4.78, 5) is 12.9. The van der Waals surface area contributed by atoms with Gasteiger partial charge in [0, 0.05) is 5.56 Å². The lowest BCUT2D eigenvalue weighted by atomic mass is 10.1. The van der Waals surface area contributed by atoms with Gasteiger partial charge in [-0.25, -0.2) is 4.39 Å². The van der Waals surface area contributed by atoms with Crippen LogP contribution in [-0.2, 0) is 11.4 Å². The predicted molar refractivity (Wildman–Crippen MR) is 124 cm³/mol. The van der Waals surface area contributed by atoms with Crippen LogP contribution in [0.3, 0.4) is 0 Å². The average Bonchev–Trinajstić information content (AvgIpc) is 3.08. The third-order valence-electron chi connectivity index (χ3n) is 5.00. The molecule has 5 nitrogen and oxygen atoms in total. The molecule has 0 saturated heterocycles. The van der Waals surface area contributed by atoms with Crippen molar-refractivity contribution < 1.29 is 18.7 Å². The molecule has 0 bridgehead atoms. The molecule has 1 aliphatic heterocycles. The summed E-state index contributed by atoms with van der Waals surface area (Å²) in [5, 5.41) is 6.06. The predicted octanol–water partition coefficient (Wildman–Crippen LogP) is 5.87. The average molecular weight is 451 g/mol. The number of ether oxygens (including phenoxy) is 2. The molecule has 1 heterocycles. The fraction of sp³-hybridized carbons (Fsp3) is 0.120. The van der Waals surface area contributed by atoms with Crippen molar-refractivity contribution in [2.75, 3.05) is 12.1 Å². The lowest BCUT2D eigenvalue weighted by Gasteiger charge is -2.13. The monoisotopic (exact) mass is 450 g/mol. The van der Waals surface area contributed by atoms with Gasteiger partial charge < -0.3 is 9.47 Å². The number of halogens is 2. The van der Waals surface area contributed by atoms with Crippen molar-refractivity contribution >= 4 is 35.0 Å². The maximum absolute atomic E-state index is 14.0. The summed E-state index contributed by atoms with van der Waals surface area (Å²) in [5.74, 6) is 0.243. The zero-order chi connectivity index (χ0) is 22.7. The first-order valence-electron chi connectivity index (χ1n) is 9.88. The van der Waals surface area contributed by atoms with Gasteiger partial charge in [-0.05, 0) is 55.0 Å². The molecule has 0 atom stereocenters. The van der Waals surface area contributed by atoms with Gasteiger partial charge >= 0.3 is 0 Å². The highest BCUT2D eigenvalue weighted by molar-refractivity contribution is 6.32. The van der Waals surface area contributed by atoms with Crippen molar-refractivity contribution in [3.63, 3.8) is 0 Å². The van der Waals surface area contributed by atoms with Crippen LogP contribution in [0.1, 0.15) is 18.1 Å². The van der Waals surface area contributed by atoms with Crippen LogP contribution in [0, 0.1) is 5.82 Å². The molecule has 0 spiro atoms. The highest BCUT2D eigenvalue weighted by atomic mass is 35.5. The van der Waals surface area contributed by atoms with Gasteiger partial charge in [0.1, 0.15) is 12.4 Å². The summed E-state index contributed by atoms with van der Waals surface area (Å²) < 4.78 is 25.2. The van der Waals surface area contributed by atoms with E-state index in [-0.39, 0.29) is 18.1 Å². The number of hydrogen-bond acceptors (Lipinski definition) is 4. The quantitative estimate of drug-likeness (QED) is 0.441. The first-order chi connectivity index (χ1) is 15.5. The summed E-state index contributed by atoms with van der Waals surface area (Å²) >= 11 is 6.07. The minimum Gasteiger partial charge on any atom is -0.493 e. The Kier molecular flexibility index (Phi) is 6.23. The van der Waals surface area contributed by atoms with E-state index in [0.717, 1.165) is 5.56 Å². The Morgan fingerprint density at radius 2 is 1.84 bits per heavy atom. The van der Waals surface area contributed by atoms with Gasteiger partial charge in [-0.3, -0.25) is 4.79 Å². The lowest BCUT2D eigenvalue weighted by molar-refractivity contribution is -0.114. The second kappa shape index (κ2) is 9.24. The third kappa shape index (κ3) is 4.36. The number of carbonyl (C=O) groups excluding carboxylic acids is 1. The summed E-state index contributed by atoms with van der Waals surface area (Å²) in [5.41, 5.74) is 2.82. The van der Waals surface area contributed by atoms with Crippen molar-refractivity contribution in [3.8, 4) is 11.5 Å². The molecule has 3 aromatic carbocycles. The number of anilines is 1. The Morgan fingerprint density at radius 3 is 2.56 bits per heavy atom. The fourth-order valence-corrected chi connectivity index (χ4v) is 3.53. The van der Waals surface area contributed by atoms with E-state index in [1.54, 1.807) is 43.3 Å². The number of rotatable bonds is 6. The van der Waals surface area contributed by atoms with Crippen LogP contribution in [0.2, 0.25) is 5.02 Å². The molecular weight excluding hydrogens is 431 g/mol. The molecule has 0 N–H and O–H groups in total. The normalized spacial score (nSPS) is 14.6. The first kappa shape index (κ1) is 21.6. The maximum Gasteiger partial charge on any atom is 0.280 e. The van der Waals surface area contributed by atoms with Crippen LogP contribution >= 0.6 is 11.6 Å². The van der Waals surface area contributed by atoms with Crippen LogP contribution in [0.4, 0.5) is 10.1 Å². The number of carbonyl (C=O) groups is 1. The molecule has 0 aliphatic carbocycles. The zero-order valence-electron chi connectivity index (χ0n) is 17.5. The molecule has 0 fully saturated rings. The highest BCUT2D eigenvalue weighted by Crippen LogP contribution is 2.32. The van der Waals surface area contributed by atoms with Crippen LogP contribution in [-0.4, -0.2) is 18.7 Å². The highest BCUT2D eigenvalue weighted by Gasteiger charge is 2.28. The van der Waals surface area contributed by atoms with E-state index in [4.69, 9.17) is 21.1 Å². The van der Waals surface area contributed by atoms with E-state index < -0.39 is 5.82 Å². The van der Waals surface area contributed by atoms with E-state index >= 15 is 0 Å². The Balaban J connectivity index is 1.56. The number of nitrogens with zero attached hydrogens (tertiary/aromatic N) is 2. The molecule has 0 unspecified atom stereocenters. The molecule has 7 heteroatoms. The Bertz CT molecular complexity index is 1200. The van der Waals surface area contributed by atoms with Crippen LogP contribution in [0.25, 0.3) is 6.08 Å². The van der Waals surface area contributed by atoms with Gasteiger partial charge in [-0.1, -0.05) is 41.9 Å². The van der Waals surface area contributed by atoms with Gasteiger partial charge in [0.05, 0.1) is 29.1 Å². The van der Waals surface area contributed by atoms with Crippen molar-refractivity contribution in [2.45, 2.75) is 13.5 Å². The molecule has 0 radical (unpaired) electrons. The van der Waals surface area contributed by atoms with Gasteiger partial charge in [-0.15, -0.1) is 0 Å². The van der Waals surface area contributed by atoms with Crippen molar-refractivity contribution in [3.05, 3.63) is 94.3 Å². The van der Waals surface area contributed by atoms with E-state index in [1.807, 2.05) is 30.3 Å². The number of hydrogen-bond donors (Lipinski definition) is 0. The van der Waals surface area contributed by atoms with Crippen LogP contribution in [0.5, 0.6) is 11.5 Å². The minimum atomic E-state index is -0.435. The molecule has 0 saturated carbocycles. The van der Waals surface area contributed by atoms with Crippen molar-refractivity contribution in [1.82, 2.24) is 0 Å².